The van der Waals surface area contributed by atoms with Crippen LogP contribution in [0.2, 0.25) is 0 Å². The van der Waals surface area contributed by atoms with Gasteiger partial charge in [-0.3, -0.25) is 0 Å². The zero-order valence-electron chi connectivity index (χ0n) is 21.9. The third-order valence-corrected chi connectivity index (χ3v) is 9.74. The van der Waals surface area contributed by atoms with Crippen LogP contribution < -0.4 is 21.3 Å². The van der Waals surface area contributed by atoms with Crippen LogP contribution in [0.1, 0.15) is 22.6 Å². The number of hydrogen-bond acceptors (Lipinski definition) is 1. The smallest absolute Gasteiger partial charge is 0.249 e. The molecule has 2 aliphatic heterocycles. The van der Waals surface area contributed by atoms with Crippen LogP contribution in [0.3, 0.4) is 0 Å². The highest BCUT2D eigenvalue weighted by molar-refractivity contribution is 7.02. The summed E-state index contributed by atoms with van der Waals surface area (Å²) in [6.45, 7) is 0.239. The summed E-state index contributed by atoms with van der Waals surface area (Å²) in [4.78, 5) is 2.55. The predicted octanol–water partition coefficient (Wildman–Crippen LogP) is 7.21. The molecule has 2 heterocycles. The van der Waals surface area contributed by atoms with Crippen LogP contribution in [0.25, 0.3) is 28.0 Å². The van der Waals surface area contributed by atoms with Gasteiger partial charge < -0.3 is 4.90 Å². The second kappa shape index (κ2) is 7.43. The van der Waals surface area contributed by atoms with Gasteiger partial charge in [0.05, 0.1) is 0 Å². The normalized spacial score (nSPS) is 18.1. The summed E-state index contributed by atoms with van der Waals surface area (Å²) in [7, 11) is 0. The van der Waals surface area contributed by atoms with E-state index in [1.807, 2.05) is 0 Å². The minimum absolute atomic E-state index is 0.239. The first-order valence-corrected chi connectivity index (χ1v) is 14.3. The summed E-state index contributed by atoms with van der Waals surface area (Å²) in [5.41, 5.74) is 18.1. The third kappa shape index (κ3) is 2.55. The number of benzene rings is 5. The fourth-order valence-electron chi connectivity index (χ4n) is 8.17. The van der Waals surface area contributed by atoms with Gasteiger partial charge >= 0.3 is 0 Å². The minimum atomic E-state index is 0.239. The van der Waals surface area contributed by atoms with Crippen molar-refractivity contribution in [3.8, 4) is 11.1 Å². The van der Waals surface area contributed by atoms with Crippen LogP contribution in [-0.4, -0.2) is 6.71 Å². The average molecular weight is 505 g/mol. The second-order valence-corrected chi connectivity index (χ2v) is 11.6. The molecule has 0 saturated heterocycles. The molecule has 2 heteroatoms. The zero-order chi connectivity index (χ0) is 25.9. The van der Waals surface area contributed by atoms with Gasteiger partial charge in [0.15, 0.2) is 0 Å². The molecule has 1 nitrogen and oxygen atoms in total. The highest BCUT2D eigenvalue weighted by atomic mass is 15.2. The summed E-state index contributed by atoms with van der Waals surface area (Å²) in [5.74, 6) is 0.375. The SMILES string of the molecule is C1=CC2=CCc3cc(N4c5cccc6c5B(c5ccccc5-6)c5c4ccc4ccccc54)cc4c3C2C(=C1)C=C4. The summed E-state index contributed by atoms with van der Waals surface area (Å²) < 4.78 is 0. The lowest BCUT2D eigenvalue weighted by Crippen LogP contribution is -2.55. The minimum Gasteiger partial charge on any atom is -0.311 e. The molecule has 1 unspecified atom stereocenters. The first-order valence-electron chi connectivity index (χ1n) is 14.3. The van der Waals surface area contributed by atoms with Gasteiger partial charge in [0.1, 0.15) is 0 Å². The molecule has 0 N–H and O–H groups in total. The van der Waals surface area contributed by atoms with E-state index in [9.17, 15) is 0 Å². The van der Waals surface area contributed by atoms with E-state index in [0.29, 0.717) is 5.92 Å². The lowest BCUT2D eigenvalue weighted by molar-refractivity contribution is 0.892. The molecule has 5 aromatic carbocycles. The Morgan fingerprint density at radius 3 is 2.58 bits per heavy atom. The van der Waals surface area contributed by atoms with Gasteiger partial charge in [0.2, 0.25) is 6.71 Å². The van der Waals surface area contributed by atoms with Crippen molar-refractivity contribution in [2.45, 2.75) is 12.3 Å². The number of allylic oxidation sites excluding steroid dienone is 7. The largest absolute Gasteiger partial charge is 0.311 e. The number of hydrogen-bond donors (Lipinski definition) is 0. The fourth-order valence-corrected chi connectivity index (χ4v) is 8.17. The topological polar surface area (TPSA) is 3.24 Å². The Hall–Kier alpha value is -4.82. The molecule has 0 aromatic heterocycles. The Bertz CT molecular complexity index is 2110. The lowest BCUT2D eigenvalue weighted by atomic mass is 9.36. The number of fused-ring (bicyclic) bond motifs is 7. The summed E-state index contributed by atoms with van der Waals surface area (Å²) in [6, 6.07) is 34.4. The van der Waals surface area contributed by atoms with E-state index < -0.39 is 0 Å². The van der Waals surface area contributed by atoms with Gasteiger partial charge in [-0.1, -0.05) is 109 Å². The molecule has 0 amide bonds. The maximum atomic E-state index is 2.55. The fraction of sp³-hybridized carbons (Fsp3) is 0.0526. The van der Waals surface area contributed by atoms with E-state index in [4.69, 9.17) is 0 Å². The molecule has 0 spiro atoms. The first kappa shape index (κ1) is 21.1. The van der Waals surface area contributed by atoms with E-state index in [-0.39, 0.29) is 6.71 Å². The van der Waals surface area contributed by atoms with Crippen LogP contribution in [0.5, 0.6) is 0 Å². The van der Waals surface area contributed by atoms with Crippen molar-refractivity contribution in [1.82, 2.24) is 0 Å². The number of rotatable bonds is 1. The first-order chi connectivity index (χ1) is 19.8. The van der Waals surface area contributed by atoms with Gasteiger partial charge in [0.25, 0.3) is 0 Å². The monoisotopic (exact) mass is 505 g/mol. The Morgan fingerprint density at radius 2 is 1.57 bits per heavy atom. The molecule has 5 aliphatic rings. The summed E-state index contributed by atoms with van der Waals surface area (Å²) >= 11 is 0. The molecular weight excluding hydrogens is 481 g/mol. The Labute approximate surface area is 234 Å². The van der Waals surface area contributed by atoms with Crippen molar-refractivity contribution < 1.29 is 0 Å². The summed E-state index contributed by atoms with van der Waals surface area (Å²) in [6.07, 6.45) is 14.9. The molecule has 184 valence electrons. The van der Waals surface area contributed by atoms with Gasteiger partial charge in [-0.25, -0.2) is 0 Å². The van der Waals surface area contributed by atoms with E-state index in [0.717, 1.165) is 6.42 Å². The number of nitrogens with zero attached hydrogens (tertiary/aromatic N) is 1. The van der Waals surface area contributed by atoms with E-state index in [2.05, 4.69) is 132 Å². The van der Waals surface area contributed by atoms with E-state index in [1.54, 1.807) is 0 Å². The third-order valence-electron chi connectivity index (χ3n) is 9.74. The van der Waals surface area contributed by atoms with Crippen LogP contribution >= 0.6 is 0 Å². The van der Waals surface area contributed by atoms with Crippen LogP contribution in [0.4, 0.5) is 17.1 Å². The van der Waals surface area contributed by atoms with Crippen LogP contribution in [-0.2, 0) is 6.42 Å². The van der Waals surface area contributed by atoms with Crippen LogP contribution in [0.15, 0.2) is 133 Å². The zero-order valence-corrected chi connectivity index (χ0v) is 21.9. The standard InChI is InChI=1S/C38H24BN/c1-2-10-29-23(7-1)19-20-34-37(29)39-32-13-4-3-11-30(32)31-12-6-14-33(38(31)39)40(34)28-21-26-17-15-24-8-5-9-25-16-18-27(22-28)36(26)35(24)25/h1-17,19-22,35H,18H2. The molecule has 40 heavy (non-hydrogen) atoms. The molecular formula is C38H24BN. The van der Waals surface area contributed by atoms with E-state index in [1.165, 1.54) is 83.2 Å². The highest BCUT2D eigenvalue weighted by Gasteiger charge is 2.43. The van der Waals surface area contributed by atoms with Gasteiger partial charge in [-0.15, -0.1) is 0 Å². The molecule has 1 atom stereocenters. The van der Waals surface area contributed by atoms with Gasteiger partial charge in [0, 0.05) is 23.0 Å². The van der Waals surface area contributed by atoms with Gasteiger partial charge in [-0.05, 0) is 91.3 Å². The highest BCUT2D eigenvalue weighted by Crippen LogP contribution is 2.49. The Kier molecular flexibility index (Phi) is 3.91. The number of anilines is 3. The quantitative estimate of drug-likeness (QED) is 0.213. The molecule has 0 radical (unpaired) electrons. The van der Waals surface area contributed by atoms with E-state index >= 15 is 0 Å². The molecule has 0 bridgehead atoms. The molecule has 3 aliphatic carbocycles. The van der Waals surface area contributed by atoms with Crippen molar-refractivity contribution in [3.63, 3.8) is 0 Å². The van der Waals surface area contributed by atoms with Crippen molar-refractivity contribution >= 4 is 57.0 Å². The second-order valence-electron chi connectivity index (χ2n) is 11.6. The van der Waals surface area contributed by atoms with Gasteiger partial charge in [-0.2, -0.15) is 0 Å². The molecule has 5 aromatic rings. The predicted molar refractivity (Wildman–Crippen MR) is 170 cm³/mol. The molecule has 10 rings (SSSR count). The lowest BCUT2D eigenvalue weighted by Gasteiger charge is -2.38. The summed E-state index contributed by atoms with van der Waals surface area (Å²) in [5, 5.41) is 2.65. The van der Waals surface area contributed by atoms with Crippen molar-refractivity contribution in [2.24, 2.45) is 0 Å². The maximum Gasteiger partial charge on any atom is 0.249 e. The molecule has 0 fully saturated rings. The Morgan fingerprint density at radius 1 is 0.700 bits per heavy atom. The van der Waals surface area contributed by atoms with Crippen molar-refractivity contribution in [3.05, 3.63) is 149 Å². The van der Waals surface area contributed by atoms with Crippen molar-refractivity contribution in [2.75, 3.05) is 4.90 Å². The van der Waals surface area contributed by atoms with Crippen molar-refractivity contribution in [1.29, 1.82) is 0 Å². The maximum absolute atomic E-state index is 2.55. The van der Waals surface area contributed by atoms with Crippen LogP contribution in [0, 0.1) is 0 Å². The Balaban J connectivity index is 1.28. The molecule has 0 saturated carbocycles. The average Bonchev–Trinajstić information content (AvgIpc) is 3.35.